The van der Waals surface area contributed by atoms with E-state index >= 15 is 0 Å². The van der Waals surface area contributed by atoms with Gasteiger partial charge in [-0.2, -0.15) is 0 Å². The number of carbonyl (C=O) groups is 1. The van der Waals surface area contributed by atoms with E-state index in [2.05, 4.69) is 27.6 Å². The van der Waals surface area contributed by atoms with Crippen molar-refractivity contribution in [3.8, 4) is 0 Å². The molecular weight excluding hydrogens is 306 g/mol. The second-order valence-corrected chi connectivity index (χ2v) is 6.80. The van der Waals surface area contributed by atoms with E-state index in [1.54, 1.807) is 4.90 Å². The van der Waals surface area contributed by atoms with Gasteiger partial charge in [0.05, 0.1) is 6.61 Å². The third kappa shape index (κ3) is 5.85. The predicted octanol–water partition coefficient (Wildman–Crippen LogP) is 1.11. The van der Waals surface area contributed by atoms with Crippen LogP contribution in [-0.4, -0.2) is 81.3 Å². The molecule has 0 saturated carbocycles. The lowest BCUT2D eigenvalue weighted by atomic mass is 9.97. The summed E-state index contributed by atoms with van der Waals surface area (Å²) < 4.78 is 5.06. The van der Waals surface area contributed by atoms with E-state index in [1.807, 2.05) is 14.0 Å². The molecule has 0 aromatic rings. The summed E-state index contributed by atoms with van der Waals surface area (Å²) in [5.74, 6) is 1.61. The van der Waals surface area contributed by atoms with Crippen molar-refractivity contribution in [2.75, 3.05) is 53.4 Å². The molecule has 7 heteroatoms. The second kappa shape index (κ2) is 9.71. The number of aliphatic imine (C=N–C) groups is 1. The lowest BCUT2D eigenvalue weighted by Crippen LogP contribution is -2.50. The van der Waals surface area contributed by atoms with E-state index < -0.39 is 0 Å². The van der Waals surface area contributed by atoms with Crippen molar-refractivity contribution in [3.63, 3.8) is 0 Å². The highest BCUT2D eigenvalue weighted by Gasteiger charge is 2.24. The van der Waals surface area contributed by atoms with Crippen LogP contribution in [0.1, 0.15) is 32.6 Å². The maximum absolute atomic E-state index is 11.7. The summed E-state index contributed by atoms with van der Waals surface area (Å²) in [6, 6.07) is 0.361. The number of rotatable bonds is 4. The van der Waals surface area contributed by atoms with Gasteiger partial charge in [-0.05, 0) is 58.7 Å². The number of nitrogens with zero attached hydrogens (tertiary/aromatic N) is 3. The zero-order valence-electron chi connectivity index (χ0n) is 15.4. The maximum atomic E-state index is 11.7. The van der Waals surface area contributed by atoms with Crippen molar-refractivity contribution in [2.24, 2.45) is 10.9 Å². The van der Waals surface area contributed by atoms with Crippen LogP contribution >= 0.6 is 0 Å². The first kappa shape index (κ1) is 18.8. The molecular formula is C17H33N5O2. The second-order valence-electron chi connectivity index (χ2n) is 6.80. The van der Waals surface area contributed by atoms with Gasteiger partial charge in [-0.3, -0.25) is 4.99 Å². The number of likely N-dealkylation sites (tertiary alicyclic amines) is 2. The standard InChI is InChI=1S/C17H33N5O2/c1-4-24-17(23)22-11-7-15(8-12-22)20-16(18-2)19-13-14-5-9-21(3)10-6-14/h14-15H,4-13H2,1-3H3,(H2,18,19,20). The van der Waals surface area contributed by atoms with Gasteiger partial charge in [-0.25, -0.2) is 4.79 Å². The summed E-state index contributed by atoms with van der Waals surface area (Å²) in [4.78, 5) is 20.2. The van der Waals surface area contributed by atoms with E-state index in [-0.39, 0.29) is 6.09 Å². The molecule has 0 bridgehead atoms. The molecule has 2 aliphatic heterocycles. The Labute approximate surface area is 145 Å². The molecule has 2 N–H and O–H groups in total. The fourth-order valence-electron chi connectivity index (χ4n) is 3.32. The molecule has 0 aliphatic carbocycles. The highest BCUT2D eigenvalue weighted by atomic mass is 16.6. The normalized spacial score (nSPS) is 21.6. The van der Waals surface area contributed by atoms with Gasteiger partial charge in [-0.15, -0.1) is 0 Å². The van der Waals surface area contributed by atoms with E-state index in [0.29, 0.717) is 12.6 Å². The molecule has 0 aromatic heterocycles. The number of amides is 1. The minimum Gasteiger partial charge on any atom is -0.450 e. The molecule has 24 heavy (non-hydrogen) atoms. The van der Waals surface area contributed by atoms with E-state index in [4.69, 9.17) is 4.74 Å². The Balaban J connectivity index is 1.67. The van der Waals surface area contributed by atoms with Gasteiger partial charge in [0.1, 0.15) is 0 Å². The molecule has 2 saturated heterocycles. The lowest BCUT2D eigenvalue weighted by molar-refractivity contribution is 0.0963. The Morgan fingerprint density at radius 2 is 1.83 bits per heavy atom. The first-order valence-corrected chi connectivity index (χ1v) is 9.19. The van der Waals surface area contributed by atoms with Crippen molar-refractivity contribution in [1.29, 1.82) is 0 Å². The fraction of sp³-hybridized carbons (Fsp3) is 0.882. The fourth-order valence-corrected chi connectivity index (χ4v) is 3.32. The first-order chi connectivity index (χ1) is 11.6. The largest absolute Gasteiger partial charge is 0.450 e. The van der Waals surface area contributed by atoms with Crippen LogP contribution in [0.25, 0.3) is 0 Å². The van der Waals surface area contributed by atoms with Crippen molar-refractivity contribution >= 4 is 12.1 Å². The van der Waals surface area contributed by atoms with Crippen LogP contribution in [0, 0.1) is 5.92 Å². The maximum Gasteiger partial charge on any atom is 0.409 e. The highest BCUT2D eigenvalue weighted by Crippen LogP contribution is 2.15. The molecule has 0 atom stereocenters. The average Bonchev–Trinajstić information content (AvgIpc) is 2.60. The molecule has 0 spiro atoms. The molecule has 138 valence electrons. The molecule has 2 fully saturated rings. The minimum absolute atomic E-state index is 0.194. The number of carbonyl (C=O) groups excluding carboxylic acids is 1. The van der Waals surface area contributed by atoms with Crippen molar-refractivity contribution in [3.05, 3.63) is 0 Å². The molecule has 7 nitrogen and oxygen atoms in total. The quantitative estimate of drug-likeness (QED) is 0.593. The smallest absolute Gasteiger partial charge is 0.409 e. The van der Waals surface area contributed by atoms with Crippen LogP contribution in [0.3, 0.4) is 0 Å². The number of hydrogen-bond acceptors (Lipinski definition) is 4. The van der Waals surface area contributed by atoms with Crippen molar-refractivity contribution < 1.29 is 9.53 Å². The molecule has 2 aliphatic rings. The Bertz CT molecular complexity index is 413. The van der Waals surface area contributed by atoms with Crippen LogP contribution in [0.15, 0.2) is 4.99 Å². The third-order valence-corrected chi connectivity index (χ3v) is 4.98. The highest BCUT2D eigenvalue weighted by molar-refractivity contribution is 5.80. The molecule has 0 unspecified atom stereocenters. The number of piperidine rings is 2. The Kier molecular flexibility index (Phi) is 7.62. The van der Waals surface area contributed by atoms with Gasteiger partial charge in [0.25, 0.3) is 0 Å². The number of ether oxygens (including phenoxy) is 1. The van der Waals surface area contributed by atoms with Crippen molar-refractivity contribution in [2.45, 2.75) is 38.6 Å². The zero-order valence-corrected chi connectivity index (χ0v) is 15.4. The van der Waals surface area contributed by atoms with Crippen LogP contribution in [0.4, 0.5) is 4.79 Å². The number of hydrogen-bond donors (Lipinski definition) is 2. The van der Waals surface area contributed by atoms with E-state index in [0.717, 1.165) is 44.4 Å². The average molecular weight is 339 g/mol. The van der Waals surface area contributed by atoms with Crippen LogP contribution in [0.2, 0.25) is 0 Å². The van der Waals surface area contributed by atoms with Crippen LogP contribution < -0.4 is 10.6 Å². The van der Waals surface area contributed by atoms with E-state index in [1.165, 1.54) is 25.9 Å². The van der Waals surface area contributed by atoms with E-state index in [9.17, 15) is 4.79 Å². The summed E-state index contributed by atoms with van der Waals surface area (Å²) >= 11 is 0. The summed E-state index contributed by atoms with van der Waals surface area (Å²) in [7, 11) is 4.00. The van der Waals surface area contributed by atoms with Gasteiger partial charge in [0.2, 0.25) is 0 Å². The van der Waals surface area contributed by atoms with Crippen LogP contribution in [0.5, 0.6) is 0 Å². The van der Waals surface area contributed by atoms with Gasteiger partial charge in [-0.1, -0.05) is 0 Å². The molecule has 1 amide bonds. The van der Waals surface area contributed by atoms with Gasteiger partial charge >= 0.3 is 6.09 Å². The summed E-state index contributed by atoms with van der Waals surface area (Å²) in [5, 5.41) is 6.97. The Morgan fingerprint density at radius 3 is 2.42 bits per heavy atom. The number of nitrogens with one attached hydrogen (secondary N) is 2. The number of guanidine groups is 1. The topological polar surface area (TPSA) is 69.2 Å². The molecule has 0 radical (unpaired) electrons. The summed E-state index contributed by atoms with van der Waals surface area (Å²) in [5.41, 5.74) is 0. The predicted molar refractivity (Wildman–Crippen MR) is 96.3 cm³/mol. The first-order valence-electron chi connectivity index (χ1n) is 9.19. The minimum atomic E-state index is -0.194. The summed E-state index contributed by atoms with van der Waals surface area (Å²) in [6.45, 7) is 7.10. The molecule has 2 heterocycles. The van der Waals surface area contributed by atoms with Gasteiger partial charge < -0.3 is 25.2 Å². The zero-order chi connectivity index (χ0) is 17.4. The Morgan fingerprint density at radius 1 is 1.17 bits per heavy atom. The SMILES string of the molecule is CCOC(=O)N1CCC(NC(=NC)NCC2CCN(C)CC2)CC1. The van der Waals surface area contributed by atoms with Gasteiger partial charge in [0, 0.05) is 32.7 Å². The molecule has 0 aromatic carbocycles. The summed E-state index contributed by atoms with van der Waals surface area (Å²) in [6.07, 6.45) is 4.15. The third-order valence-electron chi connectivity index (χ3n) is 4.98. The van der Waals surface area contributed by atoms with Crippen molar-refractivity contribution in [1.82, 2.24) is 20.4 Å². The lowest BCUT2D eigenvalue weighted by Gasteiger charge is -2.33. The van der Waals surface area contributed by atoms with Gasteiger partial charge in [0.15, 0.2) is 5.96 Å². The molecule has 2 rings (SSSR count). The Hall–Kier alpha value is -1.50. The monoisotopic (exact) mass is 339 g/mol. The van der Waals surface area contributed by atoms with Crippen LogP contribution in [-0.2, 0) is 4.74 Å².